The highest BCUT2D eigenvalue weighted by Gasteiger charge is 2.12. The van der Waals surface area contributed by atoms with E-state index in [1.54, 1.807) is 0 Å². The van der Waals surface area contributed by atoms with Crippen LogP contribution in [0.3, 0.4) is 0 Å². The summed E-state index contributed by atoms with van der Waals surface area (Å²) in [5.74, 6) is 1.67. The molecule has 2 atom stereocenters. The lowest BCUT2D eigenvalue weighted by atomic mass is 10.1. The Labute approximate surface area is 112 Å². The molecule has 0 aliphatic carbocycles. The minimum absolute atomic E-state index is 0.267. The van der Waals surface area contributed by atoms with Gasteiger partial charge in [-0.1, -0.05) is 39.0 Å². The highest BCUT2D eigenvalue weighted by atomic mass is 16.5. The highest BCUT2D eigenvalue weighted by molar-refractivity contribution is 5.35. The van der Waals surface area contributed by atoms with Crippen molar-refractivity contribution in [3.63, 3.8) is 0 Å². The van der Waals surface area contributed by atoms with Gasteiger partial charge in [-0.25, -0.2) is 0 Å². The molecule has 0 amide bonds. The average Bonchev–Trinajstić information content (AvgIpc) is 2.36. The Morgan fingerprint density at radius 1 is 1.11 bits per heavy atom. The zero-order chi connectivity index (χ0) is 13.5. The number of hydrogen-bond donors (Lipinski definition) is 1. The summed E-state index contributed by atoms with van der Waals surface area (Å²) in [6.07, 6.45) is 1.30. The van der Waals surface area contributed by atoms with Crippen LogP contribution in [0.5, 0.6) is 5.75 Å². The maximum absolute atomic E-state index is 5.98. The molecule has 0 aromatic heterocycles. The van der Waals surface area contributed by atoms with Crippen molar-refractivity contribution >= 4 is 0 Å². The lowest BCUT2D eigenvalue weighted by Gasteiger charge is -2.21. The summed E-state index contributed by atoms with van der Waals surface area (Å²) in [6, 6.07) is 8.65. The van der Waals surface area contributed by atoms with Crippen molar-refractivity contribution in [2.75, 3.05) is 6.54 Å². The second-order valence-corrected chi connectivity index (χ2v) is 5.40. The van der Waals surface area contributed by atoms with Crippen molar-refractivity contribution in [3.8, 4) is 5.75 Å². The first-order valence-electron chi connectivity index (χ1n) is 7.03. The maximum Gasteiger partial charge on any atom is 0.124 e. The fraction of sp³-hybridized carbons (Fsp3) is 0.625. The molecule has 0 radical (unpaired) electrons. The highest BCUT2D eigenvalue weighted by Crippen LogP contribution is 2.26. The van der Waals surface area contributed by atoms with Crippen LogP contribution in [0.4, 0.5) is 0 Å². The maximum atomic E-state index is 5.98. The molecule has 18 heavy (non-hydrogen) atoms. The fourth-order valence-corrected chi connectivity index (χ4v) is 1.77. The third-order valence-corrected chi connectivity index (χ3v) is 3.12. The van der Waals surface area contributed by atoms with Gasteiger partial charge in [0, 0.05) is 11.6 Å². The molecule has 0 spiro atoms. The molecule has 0 aliphatic rings. The number of rotatable bonds is 7. The SMILES string of the molecule is CCC(C)Oc1ccccc1C(C)NCC(C)C. The predicted molar refractivity (Wildman–Crippen MR) is 78.1 cm³/mol. The summed E-state index contributed by atoms with van der Waals surface area (Å²) >= 11 is 0. The van der Waals surface area contributed by atoms with Gasteiger partial charge < -0.3 is 10.1 Å². The van der Waals surface area contributed by atoms with Crippen molar-refractivity contribution in [1.82, 2.24) is 5.32 Å². The Kier molecular flexibility index (Phi) is 6.20. The number of benzene rings is 1. The van der Waals surface area contributed by atoms with E-state index in [1.807, 2.05) is 6.07 Å². The first-order valence-corrected chi connectivity index (χ1v) is 7.03. The summed E-state index contributed by atoms with van der Waals surface area (Å²) in [4.78, 5) is 0. The van der Waals surface area contributed by atoms with Gasteiger partial charge in [0.25, 0.3) is 0 Å². The van der Waals surface area contributed by atoms with Crippen LogP contribution in [0.15, 0.2) is 24.3 Å². The van der Waals surface area contributed by atoms with Crippen LogP contribution < -0.4 is 10.1 Å². The van der Waals surface area contributed by atoms with Crippen molar-refractivity contribution in [1.29, 1.82) is 0 Å². The van der Waals surface area contributed by atoms with Gasteiger partial charge in [-0.2, -0.15) is 0 Å². The van der Waals surface area contributed by atoms with Gasteiger partial charge >= 0.3 is 0 Å². The molecule has 1 aromatic rings. The average molecular weight is 249 g/mol. The van der Waals surface area contributed by atoms with Crippen LogP contribution in [0, 0.1) is 5.92 Å². The Balaban J connectivity index is 2.74. The number of hydrogen-bond acceptors (Lipinski definition) is 2. The van der Waals surface area contributed by atoms with Crippen molar-refractivity contribution in [3.05, 3.63) is 29.8 Å². The van der Waals surface area contributed by atoms with E-state index in [-0.39, 0.29) is 6.10 Å². The molecular formula is C16H27NO. The van der Waals surface area contributed by atoms with E-state index in [1.165, 1.54) is 5.56 Å². The van der Waals surface area contributed by atoms with E-state index < -0.39 is 0 Å². The summed E-state index contributed by atoms with van der Waals surface area (Å²) in [5.41, 5.74) is 1.25. The molecule has 102 valence electrons. The third kappa shape index (κ3) is 4.69. The van der Waals surface area contributed by atoms with E-state index in [2.05, 4.69) is 58.1 Å². The Bertz CT molecular complexity index is 349. The standard InChI is InChI=1S/C16H27NO/c1-6-13(4)18-16-10-8-7-9-15(16)14(5)17-11-12(2)3/h7-10,12-14,17H,6,11H2,1-5H3. The van der Waals surface area contributed by atoms with Crippen LogP contribution in [-0.4, -0.2) is 12.6 Å². The molecule has 1 N–H and O–H groups in total. The topological polar surface area (TPSA) is 21.3 Å². The van der Waals surface area contributed by atoms with E-state index in [0.29, 0.717) is 12.0 Å². The number of nitrogens with one attached hydrogen (secondary N) is 1. The van der Waals surface area contributed by atoms with Crippen LogP contribution in [0.1, 0.15) is 52.6 Å². The Morgan fingerprint density at radius 3 is 2.39 bits per heavy atom. The molecular weight excluding hydrogens is 222 g/mol. The molecule has 1 rings (SSSR count). The van der Waals surface area contributed by atoms with Crippen molar-refractivity contribution < 1.29 is 4.74 Å². The van der Waals surface area contributed by atoms with Gasteiger partial charge in [0.1, 0.15) is 5.75 Å². The summed E-state index contributed by atoms with van der Waals surface area (Å²) in [7, 11) is 0. The minimum Gasteiger partial charge on any atom is -0.490 e. The van der Waals surface area contributed by atoms with Crippen molar-refractivity contribution in [2.24, 2.45) is 5.92 Å². The summed E-state index contributed by atoms with van der Waals surface area (Å²) in [5, 5.41) is 3.55. The molecule has 0 aliphatic heterocycles. The molecule has 0 saturated carbocycles. The smallest absolute Gasteiger partial charge is 0.124 e. The summed E-state index contributed by atoms with van der Waals surface area (Å²) in [6.45, 7) is 11.9. The van der Waals surface area contributed by atoms with Gasteiger partial charge in [-0.05, 0) is 38.8 Å². The van der Waals surface area contributed by atoms with E-state index >= 15 is 0 Å². The normalized spacial score (nSPS) is 14.6. The van der Waals surface area contributed by atoms with Gasteiger partial charge in [0.2, 0.25) is 0 Å². The minimum atomic E-state index is 0.267. The molecule has 2 unspecified atom stereocenters. The molecule has 0 saturated heterocycles. The third-order valence-electron chi connectivity index (χ3n) is 3.12. The van der Waals surface area contributed by atoms with Gasteiger partial charge in [0.15, 0.2) is 0 Å². The Hall–Kier alpha value is -1.02. The largest absolute Gasteiger partial charge is 0.490 e. The van der Waals surface area contributed by atoms with Crippen molar-refractivity contribution in [2.45, 2.75) is 53.2 Å². The molecule has 0 fully saturated rings. The van der Waals surface area contributed by atoms with Gasteiger partial charge in [0.05, 0.1) is 6.10 Å². The monoisotopic (exact) mass is 249 g/mol. The molecule has 2 heteroatoms. The molecule has 0 heterocycles. The Morgan fingerprint density at radius 2 is 1.78 bits per heavy atom. The summed E-state index contributed by atoms with van der Waals surface area (Å²) < 4.78 is 5.98. The fourth-order valence-electron chi connectivity index (χ4n) is 1.77. The predicted octanol–water partition coefficient (Wildman–Crippen LogP) is 4.17. The zero-order valence-corrected chi connectivity index (χ0v) is 12.4. The van der Waals surface area contributed by atoms with E-state index in [9.17, 15) is 0 Å². The van der Waals surface area contributed by atoms with Crippen LogP contribution in [0.2, 0.25) is 0 Å². The number of ether oxygens (including phenoxy) is 1. The molecule has 2 nitrogen and oxygen atoms in total. The second-order valence-electron chi connectivity index (χ2n) is 5.40. The van der Waals surface area contributed by atoms with Crippen LogP contribution >= 0.6 is 0 Å². The number of para-hydroxylation sites is 1. The van der Waals surface area contributed by atoms with E-state index in [0.717, 1.165) is 18.7 Å². The van der Waals surface area contributed by atoms with E-state index in [4.69, 9.17) is 4.74 Å². The molecule has 0 bridgehead atoms. The van der Waals surface area contributed by atoms with Gasteiger partial charge in [-0.15, -0.1) is 0 Å². The lowest BCUT2D eigenvalue weighted by molar-refractivity contribution is 0.213. The van der Waals surface area contributed by atoms with Crippen LogP contribution in [0.25, 0.3) is 0 Å². The second kappa shape index (κ2) is 7.42. The lowest BCUT2D eigenvalue weighted by Crippen LogP contribution is -2.24. The van der Waals surface area contributed by atoms with Crippen LogP contribution in [-0.2, 0) is 0 Å². The molecule has 1 aromatic carbocycles. The first-order chi connectivity index (χ1) is 8.54. The quantitative estimate of drug-likeness (QED) is 0.783. The zero-order valence-electron chi connectivity index (χ0n) is 12.4. The first kappa shape index (κ1) is 15.0. The van der Waals surface area contributed by atoms with Gasteiger partial charge in [-0.3, -0.25) is 0 Å².